The smallest absolute Gasteiger partial charge is 0.264 e. The second-order valence-corrected chi connectivity index (χ2v) is 5.53. The molecular formula is C7H15NO4S2. The standard InChI is InChI=1S/C7H15NO4S2/c1-5(4-7(8)9)6(13)2-3-14(10,11)12/h5-6,13H,2-4H2,1H3,(H2,8,9)(H,10,11,12). The van der Waals surface area contributed by atoms with Crippen LogP contribution >= 0.6 is 12.6 Å². The molecule has 0 aromatic heterocycles. The number of hydrogen-bond donors (Lipinski definition) is 3. The summed E-state index contributed by atoms with van der Waals surface area (Å²) in [5, 5.41) is -0.260. The summed E-state index contributed by atoms with van der Waals surface area (Å²) in [6, 6.07) is 0. The summed E-state index contributed by atoms with van der Waals surface area (Å²) < 4.78 is 29.3. The summed E-state index contributed by atoms with van der Waals surface area (Å²) >= 11 is 4.13. The van der Waals surface area contributed by atoms with Gasteiger partial charge in [-0.15, -0.1) is 0 Å². The van der Waals surface area contributed by atoms with E-state index in [2.05, 4.69) is 12.6 Å². The van der Waals surface area contributed by atoms with Gasteiger partial charge >= 0.3 is 0 Å². The molecule has 0 rings (SSSR count). The van der Waals surface area contributed by atoms with Crippen molar-refractivity contribution < 1.29 is 17.8 Å². The Morgan fingerprint density at radius 3 is 2.43 bits per heavy atom. The lowest BCUT2D eigenvalue weighted by atomic mass is 10.0. The van der Waals surface area contributed by atoms with Crippen LogP contribution < -0.4 is 5.73 Å². The van der Waals surface area contributed by atoms with Crippen LogP contribution in [0.15, 0.2) is 0 Å². The first-order chi connectivity index (χ1) is 6.22. The van der Waals surface area contributed by atoms with Gasteiger partial charge in [-0.25, -0.2) is 0 Å². The van der Waals surface area contributed by atoms with E-state index in [1.165, 1.54) is 0 Å². The van der Waals surface area contributed by atoms with Crippen LogP contribution in [0.2, 0.25) is 0 Å². The van der Waals surface area contributed by atoms with Crippen molar-refractivity contribution in [3.05, 3.63) is 0 Å². The van der Waals surface area contributed by atoms with Gasteiger partial charge in [-0.05, 0) is 12.3 Å². The minimum Gasteiger partial charge on any atom is -0.370 e. The van der Waals surface area contributed by atoms with Gasteiger partial charge in [0.15, 0.2) is 0 Å². The van der Waals surface area contributed by atoms with Crippen molar-refractivity contribution in [3.63, 3.8) is 0 Å². The minimum atomic E-state index is -3.95. The Labute approximate surface area is 89.2 Å². The number of amides is 1. The first-order valence-corrected chi connectivity index (χ1v) is 6.26. The van der Waals surface area contributed by atoms with Gasteiger partial charge < -0.3 is 5.73 Å². The number of hydrogen-bond acceptors (Lipinski definition) is 4. The zero-order valence-electron chi connectivity index (χ0n) is 7.88. The Kier molecular flexibility index (Phi) is 5.46. The first kappa shape index (κ1) is 13.7. The van der Waals surface area contributed by atoms with Crippen molar-refractivity contribution in [3.8, 4) is 0 Å². The van der Waals surface area contributed by atoms with Crippen molar-refractivity contribution in [2.45, 2.75) is 25.0 Å². The predicted molar refractivity (Wildman–Crippen MR) is 56.8 cm³/mol. The summed E-state index contributed by atoms with van der Waals surface area (Å²) in [7, 11) is -3.95. The monoisotopic (exact) mass is 241 g/mol. The van der Waals surface area contributed by atoms with Crippen LogP contribution in [0.5, 0.6) is 0 Å². The van der Waals surface area contributed by atoms with Crippen LogP contribution in [-0.2, 0) is 14.9 Å². The Morgan fingerprint density at radius 2 is 2.07 bits per heavy atom. The Balaban J connectivity index is 3.96. The molecule has 0 fully saturated rings. The van der Waals surface area contributed by atoms with Gasteiger partial charge in [-0.1, -0.05) is 6.92 Å². The molecule has 3 N–H and O–H groups in total. The lowest BCUT2D eigenvalue weighted by Crippen LogP contribution is -2.22. The molecule has 0 radical (unpaired) electrons. The van der Waals surface area contributed by atoms with E-state index in [4.69, 9.17) is 10.3 Å². The lowest BCUT2D eigenvalue weighted by molar-refractivity contribution is -0.118. The fraction of sp³-hybridized carbons (Fsp3) is 0.857. The fourth-order valence-electron chi connectivity index (χ4n) is 1.01. The summed E-state index contributed by atoms with van der Waals surface area (Å²) in [4.78, 5) is 10.5. The third kappa shape index (κ3) is 7.16. The van der Waals surface area contributed by atoms with Crippen molar-refractivity contribution >= 4 is 28.7 Å². The molecule has 0 bridgehead atoms. The number of nitrogens with two attached hydrogens (primary N) is 1. The van der Waals surface area contributed by atoms with E-state index in [9.17, 15) is 13.2 Å². The van der Waals surface area contributed by atoms with E-state index in [0.717, 1.165) is 0 Å². The van der Waals surface area contributed by atoms with E-state index in [0.29, 0.717) is 0 Å². The summed E-state index contributed by atoms with van der Waals surface area (Å²) in [6.07, 6.45) is 0.371. The molecule has 0 aromatic rings. The first-order valence-electron chi connectivity index (χ1n) is 4.14. The average Bonchev–Trinajstić information content (AvgIpc) is 1.97. The molecule has 0 aliphatic carbocycles. The van der Waals surface area contributed by atoms with Gasteiger partial charge in [0, 0.05) is 11.7 Å². The van der Waals surface area contributed by atoms with E-state index >= 15 is 0 Å². The van der Waals surface area contributed by atoms with Gasteiger partial charge in [0.1, 0.15) is 0 Å². The highest BCUT2D eigenvalue weighted by atomic mass is 32.2. The normalized spacial score (nSPS) is 16.2. The number of carbonyl (C=O) groups is 1. The molecule has 7 heteroatoms. The summed E-state index contributed by atoms with van der Waals surface area (Å²) in [6.45, 7) is 1.76. The maximum Gasteiger partial charge on any atom is 0.264 e. The summed E-state index contributed by atoms with van der Waals surface area (Å²) in [5.74, 6) is -0.884. The Hall–Kier alpha value is -0.270. The van der Waals surface area contributed by atoms with Crippen LogP contribution in [0.1, 0.15) is 19.8 Å². The third-order valence-electron chi connectivity index (χ3n) is 1.85. The molecule has 0 aliphatic heterocycles. The second-order valence-electron chi connectivity index (χ2n) is 3.29. The van der Waals surface area contributed by atoms with Crippen LogP contribution in [0.25, 0.3) is 0 Å². The fourth-order valence-corrected chi connectivity index (χ4v) is 1.97. The number of carbonyl (C=O) groups excluding carboxylic acids is 1. The second kappa shape index (κ2) is 5.57. The maximum atomic E-state index is 10.5. The lowest BCUT2D eigenvalue weighted by Gasteiger charge is -2.16. The van der Waals surface area contributed by atoms with Crippen molar-refractivity contribution in [2.24, 2.45) is 11.7 Å². The molecule has 14 heavy (non-hydrogen) atoms. The SMILES string of the molecule is CC(CC(N)=O)C(S)CCS(=O)(=O)O. The Morgan fingerprint density at radius 1 is 1.57 bits per heavy atom. The van der Waals surface area contributed by atoms with Gasteiger partial charge in [0.05, 0.1) is 5.75 Å². The Bertz CT molecular complexity index is 288. The predicted octanol–water partition coefficient (Wildman–Crippen LogP) is 0.0742. The van der Waals surface area contributed by atoms with Crippen molar-refractivity contribution in [2.75, 3.05) is 5.75 Å². The molecule has 2 atom stereocenters. The van der Waals surface area contributed by atoms with E-state index in [1.54, 1.807) is 6.92 Å². The van der Waals surface area contributed by atoms with Crippen molar-refractivity contribution in [1.82, 2.24) is 0 Å². The van der Waals surface area contributed by atoms with Gasteiger partial charge in [0.25, 0.3) is 10.1 Å². The van der Waals surface area contributed by atoms with Crippen molar-refractivity contribution in [1.29, 1.82) is 0 Å². The molecule has 0 saturated heterocycles. The van der Waals surface area contributed by atoms with Crippen LogP contribution in [-0.4, -0.2) is 29.9 Å². The molecule has 0 aromatic carbocycles. The van der Waals surface area contributed by atoms with E-state index in [1.807, 2.05) is 0 Å². The quantitative estimate of drug-likeness (QED) is 0.453. The molecule has 0 aliphatic rings. The van der Waals surface area contributed by atoms with Crippen LogP contribution in [0.4, 0.5) is 0 Å². The molecule has 0 heterocycles. The topological polar surface area (TPSA) is 97.5 Å². The van der Waals surface area contributed by atoms with Crippen LogP contribution in [0, 0.1) is 5.92 Å². The molecule has 84 valence electrons. The highest BCUT2D eigenvalue weighted by Crippen LogP contribution is 2.17. The van der Waals surface area contributed by atoms with Gasteiger partial charge in [-0.2, -0.15) is 21.0 Å². The number of thiol groups is 1. The maximum absolute atomic E-state index is 10.5. The minimum absolute atomic E-state index is 0.0995. The highest BCUT2D eigenvalue weighted by Gasteiger charge is 2.17. The zero-order chi connectivity index (χ0) is 11.4. The average molecular weight is 241 g/mol. The molecule has 0 spiro atoms. The number of primary amides is 1. The van der Waals surface area contributed by atoms with Gasteiger partial charge in [-0.3, -0.25) is 9.35 Å². The molecule has 2 unspecified atom stereocenters. The zero-order valence-corrected chi connectivity index (χ0v) is 9.59. The van der Waals surface area contributed by atoms with Crippen LogP contribution in [0.3, 0.4) is 0 Å². The van der Waals surface area contributed by atoms with E-state index < -0.39 is 16.0 Å². The molecule has 5 nitrogen and oxygen atoms in total. The highest BCUT2D eigenvalue weighted by molar-refractivity contribution is 7.85. The molecule has 0 saturated carbocycles. The largest absolute Gasteiger partial charge is 0.370 e. The number of rotatable bonds is 6. The van der Waals surface area contributed by atoms with Gasteiger partial charge in [0.2, 0.25) is 5.91 Å². The summed E-state index contributed by atoms with van der Waals surface area (Å²) in [5.41, 5.74) is 4.97. The molecular weight excluding hydrogens is 226 g/mol. The molecule has 1 amide bonds. The third-order valence-corrected chi connectivity index (χ3v) is 3.37. The van der Waals surface area contributed by atoms with E-state index in [-0.39, 0.29) is 29.8 Å².